The van der Waals surface area contributed by atoms with Crippen LogP contribution in [0, 0.1) is 0 Å². The Labute approximate surface area is 177 Å². The molecule has 0 saturated heterocycles. The van der Waals surface area contributed by atoms with Gasteiger partial charge in [0.25, 0.3) is 0 Å². The second-order valence-corrected chi connectivity index (χ2v) is 8.60. The number of hydrogen-bond acceptors (Lipinski definition) is 0. The lowest BCUT2D eigenvalue weighted by Gasteiger charge is -2.08. The van der Waals surface area contributed by atoms with E-state index in [2.05, 4.69) is 6.92 Å². The van der Waals surface area contributed by atoms with Crippen molar-refractivity contribution in [2.75, 3.05) is 0 Å². The highest BCUT2D eigenvalue weighted by Crippen LogP contribution is 2.29. The Morgan fingerprint density at radius 3 is 1.41 bits per heavy atom. The highest BCUT2D eigenvalue weighted by Gasteiger charge is 2.30. The Bertz CT molecular complexity index is 493. The zero-order valence-electron chi connectivity index (χ0n) is 18.7. The molecule has 1 aromatic carbocycles. The van der Waals surface area contributed by atoms with E-state index in [-0.39, 0.29) is 0 Å². The fourth-order valence-corrected chi connectivity index (χ4v) is 3.96. The van der Waals surface area contributed by atoms with Crippen molar-refractivity contribution in [1.29, 1.82) is 0 Å². The number of aryl methyl sites for hydroxylation is 1. The average Bonchev–Trinajstić information content (AvgIpc) is 2.70. The maximum atomic E-state index is 12.7. The van der Waals surface area contributed by atoms with E-state index in [0.29, 0.717) is 0 Å². The average molecular weight is 413 g/mol. The molecule has 0 unspecified atom stereocenters. The molecule has 1 aromatic rings. The molecule has 0 aliphatic heterocycles. The van der Waals surface area contributed by atoms with Crippen molar-refractivity contribution in [3.8, 4) is 0 Å². The first kappa shape index (κ1) is 26.0. The topological polar surface area (TPSA) is 0 Å². The molecule has 0 nitrogen and oxygen atoms in total. The number of unbranched alkanes of at least 4 members (excludes halogenated alkanes) is 16. The van der Waals surface area contributed by atoms with Crippen LogP contribution in [0.15, 0.2) is 24.3 Å². The summed E-state index contributed by atoms with van der Waals surface area (Å²) in [5.41, 5.74) is 0.280. The van der Waals surface area contributed by atoms with E-state index in [1.165, 1.54) is 108 Å². The SMILES string of the molecule is CCCCCCCCCCCCCCCCCCCc1cccc(C(F)(F)F)c1. The van der Waals surface area contributed by atoms with Gasteiger partial charge in [-0.15, -0.1) is 0 Å². The molecule has 0 aliphatic carbocycles. The fraction of sp³-hybridized carbons (Fsp3) is 0.769. The minimum absolute atomic E-state index is 0.526. The molecule has 0 saturated carbocycles. The summed E-state index contributed by atoms with van der Waals surface area (Å²) in [4.78, 5) is 0. The molecule has 0 amide bonds. The molecular formula is C26H43F3. The van der Waals surface area contributed by atoms with Crippen molar-refractivity contribution < 1.29 is 13.2 Å². The van der Waals surface area contributed by atoms with Crippen LogP contribution < -0.4 is 0 Å². The summed E-state index contributed by atoms with van der Waals surface area (Å²) in [6.07, 6.45) is 19.1. The lowest BCUT2D eigenvalue weighted by Crippen LogP contribution is -2.05. The third-order valence-electron chi connectivity index (χ3n) is 5.82. The summed E-state index contributed by atoms with van der Waals surface area (Å²) in [5.74, 6) is 0. The summed E-state index contributed by atoms with van der Waals surface area (Å²) in [7, 11) is 0. The molecule has 168 valence electrons. The van der Waals surface area contributed by atoms with Gasteiger partial charge in [-0.2, -0.15) is 13.2 Å². The first-order chi connectivity index (χ1) is 14.0. The van der Waals surface area contributed by atoms with Gasteiger partial charge in [0.2, 0.25) is 0 Å². The highest BCUT2D eigenvalue weighted by molar-refractivity contribution is 5.25. The van der Waals surface area contributed by atoms with Crippen LogP contribution in [-0.2, 0) is 12.6 Å². The van der Waals surface area contributed by atoms with E-state index >= 15 is 0 Å². The zero-order chi connectivity index (χ0) is 21.2. The van der Waals surface area contributed by atoms with Crippen LogP contribution in [0.5, 0.6) is 0 Å². The van der Waals surface area contributed by atoms with Gasteiger partial charge in [-0.05, 0) is 24.5 Å². The van der Waals surface area contributed by atoms with E-state index in [9.17, 15) is 13.2 Å². The van der Waals surface area contributed by atoms with Crippen molar-refractivity contribution >= 4 is 0 Å². The quantitative estimate of drug-likeness (QED) is 0.210. The summed E-state index contributed by atoms with van der Waals surface area (Å²) in [5, 5.41) is 0. The van der Waals surface area contributed by atoms with Crippen LogP contribution in [0.3, 0.4) is 0 Å². The molecular weight excluding hydrogens is 369 g/mol. The second-order valence-electron chi connectivity index (χ2n) is 8.60. The van der Waals surface area contributed by atoms with Crippen LogP contribution in [-0.4, -0.2) is 0 Å². The number of alkyl halides is 3. The molecule has 0 fully saturated rings. The molecule has 1 rings (SSSR count). The van der Waals surface area contributed by atoms with Gasteiger partial charge in [0, 0.05) is 0 Å². The monoisotopic (exact) mass is 412 g/mol. The number of benzene rings is 1. The highest BCUT2D eigenvalue weighted by atomic mass is 19.4. The lowest BCUT2D eigenvalue weighted by molar-refractivity contribution is -0.137. The smallest absolute Gasteiger partial charge is 0.166 e. The molecule has 0 radical (unpaired) electrons. The molecule has 0 spiro atoms. The van der Waals surface area contributed by atoms with Crippen LogP contribution in [0.4, 0.5) is 13.2 Å². The van der Waals surface area contributed by atoms with Crippen LogP contribution in [0.25, 0.3) is 0 Å². The van der Waals surface area contributed by atoms with Gasteiger partial charge in [-0.1, -0.05) is 128 Å². The minimum atomic E-state index is -4.23. The van der Waals surface area contributed by atoms with Crippen LogP contribution in [0.1, 0.15) is 127 Å². The third-order valence-corrected chi connectivity index (χ3v) is 5.82. The van der Waals surface area contributed by atoms with Crippen molar-refractivity contribution in [1.82, 2.24) is 0 Å². The van der Waals surface area contributed by atoms with Gasteiger partial charge in [0.1, 0.15) is 0 Å². The van der Waals surface area contributed by atoms with E-state index in [1.54, 1.807) is 0 Å². The van der Waals surface area contributed by atoms with E-state index in [1.807, 2.05) is 6.07 Å². The molecule has 3 heteroatoms. The summed E-state index contributed by atoms with van der Waals surface area (Å²) < 4.78 is 38.1. The first-order valence-corrected chi connectivity index (χ1v) is 12.2. The van der Waals surface area contributed by atoms with Crippen molar-refractivity contribution in [3.05, 3.63) is 35.4 Å². The maximum absolute atomic E-state index is 12.7. The lowest BCUT2D eigenvalue weighted by atomic mass is 10.0. The summed E-state index contributed by atoms with van der Waals surface area (Å²) in [6.45, 7) is 2.27. The predicted octanol–water partition coefficient (Wildman–Crippen LogP) is 9.90. The first-order valence-electron chi connectivity index (χ1n) is 12.2. The largest absolute Gasteiger partial charge is 0.416 e. The van der Waals surface area contributed by atoms with Crippen molar-refractivity contribution in [2.24, 2.45) is 0 Å². The van der Waals surface area contributed by atoms with Crippen LogP contribution in [0.2, 0.25) is 0 Å². The number of hydrogen-bond donors (Lipinski definition) is 0. The van der Waals surface area contributed by atoms with Crippen molar-refractivity contribution in [2.45, 2.75) is 129 Å². The Kier molecular flexibility index (Phi) is 15.1. The normalized spacial score (nSPS) is 11.9. The second kappa shape index (κ2) is 16.8. The zero-order valence-corrected chi connectivity index (χ0v) is 18.7. The molecule has 0 aromatic heterocycles. The van der Waals surface area contributed by atoms with Gasteiger partial charge in [-0.25, -0.2) is 0 Å². The molecule has 0 heterocycles. The Balaban J connectivity index is 1.85. The number of halogens is 3. The molecule has 0 atom stereocenters. The fourth-order valence-electron chi connectivity index (χ4n) is 3.96. The molecule has 0 bridgehead atoms. The van der Waals surface area contributed by atoms with Gasteiger partial charge in [-0.3, -0.25) is 0 Å². The summed E-state index contributed by atoms with van der Waals surface area (Å²) >= 11 is 0. The molecule has 29 heavy (non-hydrogen) atoms. The van der Waals surface area contributed by atoms with E-state index in [4.69, 9.17) is 0 Å². The Morgan fingerprint density at radius 1 is 0.586 bits per heavy atom. The van der Waals surface area contributed by atoms with Crippen LogP contribution >= 0.6 is 0 Å². The summed E-state index contributed by atoms with van der Waals surface area (Å²) in [6, 6.07) is 5.78. The maximum Gasteiger partial charge on any atom is 0.416 e. The molecule has 0 aliphatic rings. The molecule has 0 N–H and O–H groups in total. The minimum Gasteiger partial charge on any atom is -0.166 e. The standard InChI is InChI=1S/C26H43F3/c1-2-3-4-5-6-7-8-9-10-11-12-13-14-15-16-17-18-20-24-21-19-22-25(23-24)26(27,28)29/h19,21-23H,2-18,20H2,1H3. The number of rotatable bonds is 18. The Morgan fingerprint density at radius 2 is 1.00 bits per heavy atom. The van der Waals surface area contributed by atoms with Gasteiger partial charge in [0.05, 0.1) is 5.56 Å². The Hall–Kier alpha value is -0.990. The van der Waals surface area contributed by atoms with Gasteiger partial charge >= 0.3 is 6.18 Å². The van der Waals surface area contributed by atoms with E-state index < -0.39 is 11.7 Å². The van der Waals surface area contributed by atoms with Gasteiger partial charge < -0.3 is 0 Å². The van der Waals surface area contributed by atoms with E-state index in [0.717, 1.165) is 30.9 Å². The van der Waals surface area contributed by atoms with Gasteiger partial charge in [0.15, 0.2) is 0 Å². The van der Waals surface area contributed by atoms with Crippen molar-refractivity contribution in [3.63, 3.8) is 0 Å². The third kappa shape index (κ3) is 14.6. The predicted molar refractivity (Wildman–Crippen MR) is 119 cm³/mol.